The number of halogens is 2. The molecule has 0 heterocycles. The van der Waals surface area contributed by atoms with Crippen LogP contribution in [0.1, 0.15) is 19.4 Å². The first-order valence-electron chi connectivity index (χ1n) is 5.68. The third-order valence-electron chi connectivity index (χ3n) is 2.23. The highest BCUT2D eigenvalue weighted by molar-refractivity contribution is 7.99. The van der Waals surface area contributed by atoms with Gasteiger partial charge in [0.05, 0.1) is 6.10 Å². The van der Waals surface area contributed by atoms with Crippen LogP contribution in [0.5, 0.6) is 0 Å². The average Bonchev–Trinajstić information content (AvgIpc) is 2.21. The molecular weight excluding hydrogens is 259 g/mol. The molecule has 0 amide bonds. The van der Waals surface area contributed by atoms with Crippen LogP contribution < -0.4 is 0 Å². The minimum absolute atomic E-state index is 0.341. The smallest absolute Gasteiger partial charge is 0.127 e. The molecule has 0 aromatic heterocycles. The van der Waals surface area contributed by atoms with E-state index in [1.807, 2.05) is 0 Å². The first-order chi connectivity index (χ1) is 7.99. The van der Waals surface area contributed by atoms with E-state index in [0.29, 0.717) is 28.7 Å². The molecule has 1 rings (SSSR count). The van der Waals surface area contributed by atoms with Gasteiger partial charge in [0.15, 0.2) is 0 Å². The van der Waals surface area contributed by atoms with Crippen molar-refractivity contribution in [3.63, 3.8) is 0 Å². The normalized spacial score (nSPS) is 13.1. The Morgan fingerprint density at radius 3 is 2.65 bits per heavy atom. The standard InChI is InChI=1S/C13H18ClFOS/c1-9(2)7-17-8-12(16)5-10-3-4-11(14)6-13(10)15/h3-4,6,9,12,16H,5,7-8H2,1-2H3. The maximum Gasteiger partial charge on any atom is 0.127 e. The molecule has 1 N–H and O–H groups in total. The Hall–Kier alpha value is -0.250. The number of hydrogen-bond acceptors (Lipinski definition) is 2. The SMILES string of the molecule is CC(C)CSCC(O)Cc1ccc(Cl)cc1F. The lowest BCUT2D eigenvalue weighted by atomic mass is 10.1. The van der Waals surface area contributed by atoms with E-state index in [1.54, 1.807) is 23.9 Å². The minimum Gasteiger partial charge on any atom is -0.392 e. The molecule has 17 heavy (non-hydrogen) atoms. The van der Waals surface area contributed by atoms with Crippen LogP contribution in [0.4, 0.5) is 4.39 Å². The lowest BCUT2D eigenvalue weighted by molar-refractivity contribution is 0.198. The summed E-state index contributed by atoms with van der Waals surface area (Å²) in [5.74, 6) is 1.92. The molecule has 0 saturated carbocycles. The second kappa shape index (κ2) is 7.24. The van der Waals surface area contributed by atoms with Crippen LogP contribution in [0.15, 0.2) is 18.2 Å². The number of rotatable bonds is 6. The van der Waals surface area contributed by atoms with Crippen molar-refractivity contribution in [3.05, 3.63) is 34.6 Å². The van der Waals surface area contributed by atoms with Gasteiger partial charge in [-0.05, 0) is 29.4 Å². The van der Waals surface area contributed by atoms with Gasteiger partial charge in [-0.3, -0.25) is 0 Å². The molecule has 0 aliphatic carbocycles. The third-order valence-corrected chi connectivity index (χ3v) is 3.99. The van der Waals surface area contributed by atoms with Crippen molar-refractivity contribution < 1.29 is 9.50 Å². The Labute approximate surface area is 111 Å². The summed E-state index contributed by atoms with van der Waals surface area (Å²) in [5.41, 5.74) is 0.520. The predicted molar refractivity (Wildman–Crippen MR) is 73.3 cm³/mol. The van der Waals surface area contributed by atoms with Crippen molar-refractivity contribution in [2.75, 3.05) is 11.5 Å². The Kier molecular flexibility index (Phi) is 6.31. The molecule has 1 atom stereocenters. The maximum absolute atomic E-state index is 13.5. The molecule has 0 fully saturated rings. The fourth-order valence-electron chi connectivity index (χ4n) is 1.44. The predicted octanol–water partition coefficient (Wildman–Crippen LogP) is 3.77. The molecule has 0 saturated heterocycles. The summed E-state index contributed by atoms with van der Waals surface area (Å²) in [6.07, 6.45) is -0.164. The molecule has 0 bridgehead atoms. The van der Waals surface area contributed by atoms with Crippen molar-refractivity contribution >= 4 is 23.4 Å². The average molecular weight is 277 g/mol. The zero-order valence-electron chi connectivity index (χ0n) is 10.1. The van der Waals surface area contributed by atoms with Gasteiger partial charge in [0.2, 0.25) is 0 Å². The van der Waals surface area contributed by atoms with Gasteiger partial charge in [-0.2, -0.15) is 11.8 Å². The van der Waals surface area contributed by atoms with Crippen molar-refractivity contribution in [2.45, 2.75) is 26.4 Å². The van der Waals surface area contributed by atoms with E-state index in [-0.39, 0.29) is 5.82 Å². The van der Waals surface area contributed by atoms with Gasteiger partial charge in [0, 0.05) is 17.2 Å². The highest BCUT2D eigenvalue weighted by atomic mass is 35.5. The van der Waals surface area contributed by atoms with Crippen molar-refractivity contribution in [2.24, 2.45) is 5.92 Å². The quantitative estimate of drug-likeness (QED) is 0.853. The second-order valence-corrected chi connectivity index (χ2v) is 6.04. The van der Waals surface area contributed by atoms with Crippen LogP contribution in [0.3, 0.4) is 0 Å². The van der Waals surface area contributed by atoms with E-state index in [0.717, 1.165) is 5.75 Å². The fourth-order valence-corrected chi connectivity index (χ4v) is 2.60. The van der Waals surface area contributed by atoms with E-state index < -0.39 is 6.10 Å². The lowest BCUT2D eigenvalue weighted by Gasteiger charge is -2.12. The summed E-state index contributed by atoms with van der Waals surface area (Å²) in [4.78, 5) is 0. The van der Waals surface area contributed by atoms with Crippen molar-refractivity contribution in [1.29, 1.82) is 0 Å². The van der Waals surface area contributed by atoms with Crippen LogP contribution in [0.25, 0.3) is 0 Å². The summed E-state index contributed by atoms with van der Waals surface area (Å²) in [6, 6.07) is 4.56. The lowest BCUT2D eigenvalue weighted by Crippen LogP contribution is -2.15. The monoisotopic (exact) mass is 276 g/mol. The number of thioether (sulfide) groups is 1. The molecule has 1 aromatic carbocycles. The summed E-state index contributed by atoms with van der Waals surface area (Å²) in [7, 11) is 0. The van der Waals surface area contributed by atoms with Crippen LogP contribution >= 0.6 is 23.4 Å². The number of benzene rings is 1. The Morgan fingerprint density at radius 1 is 1.35 bits per heavy atom. The third kappa shape index (κ3) is 5.75. The Morgan fingerprint density at radius 2 is 2.06 bits per heavy atom. The number of aliphatic hydroxyl groups is 1. The molecular formula is C13H18ClFOS. The summed E-state index contributed by atoms with van der Waals surface area (Å²) in [5, 5.41) is 10.2. The van der Waals surface area contributed by atoms with E-state index >= 15 is 0 Å². The van der Waals surface area contributed by atoms with Crippen LogP contribution in [-0.4, -0.2) is 22.7 Å². The van der Waals surface area contributed by atoms with Gasteiger partial charge in [-0.1, -0.05) is 31.5 Å². The fraction of sp³-hybridized carbons (Fsp3) is 0.538. The van der Waals surface area contributed by atoms with E-state index in [4.69, 9.17) is 11.6 Å². The number of hydrogen-bond donors (Lipinski definition) is 1. The molecule has 0 aliphatic rings. The summed E-state index contributed by atoms with van der Waals surface area (Å²) >= 11 is 7.36. The molecule has 1 aromatic rings. The van der Waals surface area contributed by atoms with Gasteiger partial charge in [-0.25, -0.2) is 4.39 Å². The van der Waals surface area contributed by atoms with Gasteiger partial charge < -0.3 is 5.11 Å². The van der Waals surface area contributed by atoms with Crippen LogP contribution in [0, 0.1) is 11.7 Å². The van der Waals surface area contributed by atoms with Crippen molar-refractivity contribution in [1.82, 2.24) is 0 Å². The van der Waals surface area contributed by atoms with Crippen LogP contribution in [0.2, 0.25) is 5.02 Å². The molecule has 0 spiro atoms. The molecule has 96 valence electrons. The van der Waals surface area contributed by atoms with E-state index in [1.165, 1.54) is 6.07 Å². The molecule has 0 radical (unpaired) electrons. The van der Waals surface area contributed by atoms with Gasteiger partial charge in [0.1, 0.15) is 5.82 Å². The minimum atomic E-state index is -0.505. The highest BCUT2D eigenvalue weighted by Gasteiger charge is 2.10. The maximum atomic E-state index is 13.5. The van der Waals surface area contributed by atoms with Crippen LogP contribution in [-0.2, 0) is 6.42 Å². The summed E-state index contributed by atoms with van der Waals surface area (Å²) in [6.45, 7) is 4.27. The van der Waals surface area contributed by atoms with E-state index in [9.17, 15) is 9.50 Å². The topological polar surface area (TPSA) is 20.2 Å². The molecule has 1 nitrogen and oxygen atoms in total. The zero-order chi connectivity index (χ0) is 12.8. The largest absolute Gasteiger partial charge is 0.392 e. The van der Waals surface area contributed by atoms with Gasteiger partial charge in [0.25, 0.3) is 0 Å². The zero-order valence-corrected chi connectivity index (χ0v) is 11.7. The Bertz CT molecular complexity index is 357. The first-order valence-corrected chi connectivity index (χ1v) is 7.22. The van der Waals surface area contributed by atoms with Gasteiger partial charge >= 0.3 is 0 Å². The molecule has 4 heteroatoms. The van der Waals surface area contributed by atoms with Gasteiger partial charge in [-0.15, -0.1) is 0 Å². The highest BCUT2D eigenvalue weighted by Crippen LogP contribution is 2.17. The number of aliphatic hydroxyl groups excluding tert-OH is 1. The molecule has 0 aliphatic heterocycles. The van der Waals surface area contributed by atoms with Crippen molar-refractivity contribution in [3.8, 4) is 0 Å². The second-order valence-electron chi connectivity index (χ2n) is 4.52. The molecule has 1 unspecified atom stereocenters. The summed E-state index contributed by atoms with van der Waals surface area (Å²) < 4.78 is 13.5. The Balaban J connectivity index is 2.42. The van der Waals surface area contributed by atoms with E-state index in [2.05, 4.69) is 13.8 Å². The first kappa shape index (κ1) is 14.8.